The second kappa shape index (κ2) is 11.6. The van der Waals surface area contributed by atoms with Crippen LogP contribution in [0, 0.1) is 12.8 Å². The van der Waals surface area contributed by atoms with Gasteiger partial charge < -0.3 is 20.1 Å². The fraction of sp³-hybridized carbons (Fsp3) is 0.682. The van der Waals surface area contributed by atoms with Crippen molar-refractivity contribution in [1.82, 2.24) is 10.6 Å². The molecule has 0 bridgehead atoms. The highest BCUT2D eigenvalue weighted by Crippen LogP contribution is 2.23. The molecule has 29 heavy (non-hydrogen) atoms. The first kappa shape index (κ1) is 23.7. The molecule has 1 heterocycles. The highest BCUT2D eigenvalue weighted by molar-refractivity contribution is 7.86. The summed E-state index contributed by atoms with van der Waals surface area (Å²) in [7, 11) is -0.884. The molecule has 1 aromatic rings. The predicted molar refractivity (Wildman–Crippen MR) is 121 cm³/mol. The molecule has 0 aromatic heterocycles. The number of hydrogen-bond donors (Lipinski definition) is 2. The van der Waals surface area contributed by atoms with Crippen LogP contribution in [0.25, 0.3) is 0 Å². The van der Waals surface area contributed by atoms with Gasteiger partial charge in [0.2, 0.25) is 0 Å². The molecule has 0 saturated carbocycles. The largest absolute Gasteiger partial charge is 0.493 e. The van der Waals surface area contributed by atoms with E-state index in [1.54, 1.807) is 0 Å². The normalized spacial score (nSPS) is 18.5. The third-order valence-electron chi connectivity index (χ3n) is 4.74. The Hall–Kier alpha value is -1.60. The number of guanidine groups is 1. The third-order valence-corrected chi connectivity index (χ3v) is 6.68. The molecule has 6 nitrogen and oxygen atoms in total. The Morgan fingerprint density at radius 3 is 2.79 bits per heavy atom. The maximum absolute atomic E-state index is 12.2. The molecule has 0 radical (unpaired) electrons. The summed E-state index contributed by atoms with van der Waals surface area (Å²) in [5.74, 6) is 2.69. The fourth-order valence-electron chi connectivity index (χ4n) is 2.92. The van der Waals surface area contributed by atoms with Crippen molar-refractivity contribution >= 4 is 16.8 Å². The van der Waals surface area contributed by atoms with Crippen LogP contribution in [0.5, 0.6) is 5.75 Å². The summed E-state index contributed by atoms with van der Waals surface area (Å²) < 4.78 is 23.6. The van der Waals surface area contributed by atoms with Crippen LogP contribution in [-0.2, 0) is 22.1 Å². The molecule has 1 fully saturated rings. The van der Waals surface area contributed by atoms with Crippen LogP contribution < -0.4 is 15.4 Å². The van der Waals surface area contributed by atoms with Crippen LogP contribution in [0.15, 0.2) is 23.2 Å². The van der Waals surface area contributed by atoms with Gasteiger partial charge in [0, 0.05) is 52.5 Å². The number of aryl methyl sites for hydroxylation is 1. The van der Waals surface area contributed by atoms with Gasteiger partial charge in [0.15, 0.2) is 5.96 Å². The Bertz CT molecular complexity index is 695. The van der Waals surface area contributed by atoms with Gasteiger partial charge in [-0.15, -0.1) is 0 Å². The molecule has 2 unspecified atom stereocenters. The van der Waals surface area contributed by atoms with Gasteiger partial charge in [-0.3, -0.25) is 4.21 Å². The maximum Gasteiger partial charge on any atom is 0.191 e. The first-order chi connectivity index (χ1) is 13.8. The number of hydrogen-bond acceptors (Lipinski definition) is 4. The standard InChI is InChI=1S/C22H37N3O3S/c1-6-23-21(24-10-12-29(26)22(3,4)5)25-14-19-8-7-17(2)13-20(19)28-16-18-9-11-27-15-18/h7-8,13,18H,6,9-12,14-16H2,1-5H3,(H2,23,24,25). The number of ether oxygens (including phenoxy) is 2. The van der Waals surface area contributed by atoms with E-state index in [0.29, 0.717) is 31.4 Å². The van der Waals surface area contributed by atoms with Crippen molar-refractivity contribution in [2.24, 2.45) is 10.9 Å². The van der Waals surface area contributed by atoms with E-state index >= 15 is 0 Å². The van der Waals surface area contributed by atoms with Crippen LogP contribution in [0.2, 0.25) is 0 Å². The molecule has 1 aliphatic rings. The van der Waals surface area contributed by atoms with Crippen LogP contribution in [-0.4, -0.2) is 53.6 Å². The molecule has 0 aliphatic carbocycles. The van der Waals surface area contributed by atoms with Gasteiger partial charge in [0.1, 0.15) is 5.75 Å². The lowest BCUT2D eigenvalue weighted by Crippen LogP contribution is -2.40. The molecule has 0 spiro atoms. The Labute approximate surface area is 178 Å². The molecule has 0 amide bonds. The van der Waals surface area contributed by atoms with Crippen molar-refractivity contribution < 1.29 is 13.7 Å². The second-order valence-corrected chi connectivity index (χ2v) is 10.8. The number of benzene rings is 1. The maximum atomic E-state index is 12.2. The van der Waals surface area contributed by atoms with Gasteiger partial charge >= 0.3 is 0 Å². The lowest BCUT2D eigenvalue weighted by atomic mass is 10.1. The van der Waals surface area contributed by atoms with Crippen molar-refractivity contribution in [3.05, 3.63) is 29.3 Å². The number of aliphatic imine (C=N–C) groups is 1. The lowest BCUT2D eigenvalue weighted by molar-refractivity contribution is 0.166. The van der Waals surface area contributed by atoms with E-state index in [9.17, 15) is 4.21 Å². The summed E-state index contributed by atoms with van der Waals surface area (Å²) in [6, 6.07) is 6.24. The van der Waals surface area contributed by atoms with Crippen molar-refractivity contribution in [1.29, 1.82) is 0 Å². The molecule has 164 valence electrons. The van der Waals surface area contributed by atoms with E-state index in [4.69, 9.17) is 14.5 Å². The van der Waals surface area contributed by atoms with E-state index in [2.05, 4.69) is 35.8 Å². The molecule has 2 atom stereocenters. The molecule has 2 N–H and O–H groups in total. The van der Waals surface area contributed by atoms with E-state index < -0.39 is 10.8 Å². The van der Waals surface area contributed by atoms with Crippen LogP contribution in [0.3, 0.4) is 0 Å². The Morgan fingerprint density at radius 2 is 2.14 bits per heavy atom. The minimum Gasteiger partial charge on any atom is -0.493 e. The highest BCUT2D eigenvalue weighted by atomic mass is 32.2. The first-order valence-electron chi connectivity index (χ1n) is 10.5. The van der Waals surface area contributed by atoms with Crippen LogP contribution in [0.4, 0.5) is 0 Å². The zero-order chi connectivity index (χ0) is 21.3. The van der Waals surface area contributed by atoms with Gasteiger partial charge in [0.05, 0.1) is 19.8 Å². The monoisotopic (exact) mass is 423 g/mol. The zero-order valence-electron chi connectivity index (χ0n) is 18.5. The van der Waals surface area contributed by atoms with Gasteiger partial charge in [-0.25, -0.2) is 4.99 Å². The Balaban J connectivity index is 1.97. The highest BCUT2D eigenvalue weighted by Gasteiger charge is 2.19. The van der Waals surface area contributed by atoms with E-state index in [1.165, 1.54) is 5.56 Å². The van der Waals surface area contributed by atoms with E-state index in [0.717, 1.165) is 43.5 Å². The van der Waals surface area contributed by atoms with Crippen molar-refractivity contribution in [2.45, 2.75) is 52.3 Å². The van der Waals surface area contributed by atoms with E-state index in [-0.39, 0.29) is 4.75 Å². The number of rotatable bonds is 9. The SMILES string of the molecule is CCNC(=NCc1ccc(C)cc1OCC1CCOC1)NCCS(=O)C(C)(C)C. The lowest BCUT2D eigenvalue weighted by Gasteiger charge is -2.18. The topological polar surface area (TPSA) is 72.0 Å². The van der Waals surface area contributed by atoms with E-state index in [1.807, 2.05) is 27.7 Å². The smallest absolute Gasteiger partial charge is 0.191 e. The third kappa shape index (κ3) is 8.34. The predicted octanol–water partition coefficient (Wildman–Crippen LogP) is 3.01. The molecule has 2 rings (SSSR count). The summed E-state index contributed by atoms with van der Waals surface area (Å²) in [4.78, 5) is 4.70. The van der Waals surface area contributed by atoms with Crippen molar-refractivity contribution in [2.75, 3.05) is 38.7 Å². The Kier molecular flexibility index (Phi) is 9.43. The number of nitrogens with zero attached hydrogens (tertiary/aromatic N) is 1. The van der Waals surface area contributed by atoms with Crippen molar-refractivity contribution in [3.63, 3.8) is 0 Å². The molecule has 7 heteroatoms. The molecule has 1 saturated heterocycles. The minimum absolute atomic E-state index is 0.199. The van der Waals surface area contributed by atoms with Gasteiger partial charge in [0.25, 0.3) is 0 Å². The Morgan fingerprint density at radius 1 is 1.34 bits per heavy atom. The summed E-state index contributed by atoms with van der Waals surface area (Å²) in [6.45, 7) is 14.3. The van der Waals surface area contributed by atoms with Crippen LogP contribution in [0.1, 0.15) is 45.2 Å². The molecular weight excluding hydrogens is 386 g/mol. The fourth-order valence-corrected chi connectivity index (χ4v) is 3.82. The van der Waals surface area contributed by atoms with Gasteiger partial charge in [-0.1, -0.05) is 12.1 Å². The summed E-state index contributed by atoms with van der Waals surface area (Å²) in [5.41, 5.74) is 2.23. The first-order valence-corrected chi connectivity index (χ1v) is 11.8. The second-order valence-electron chi connectivity index (χ2n) is 8.44. The quantitative estimate of drug-likeness (QED) is 0.472. The summed E-state index contributed by atoms with van der Waals surface area (Å²) >= 11 is 0. The molecule has 1 aliphatic heterocycles. The molecular formula is C22H37N3O3S. The summed E-state index contributed by atoms with van der Waals surface area (Å²) in [6.07, 6.45) is 1.06. The number of nitrogens with one attached hydrogen (secondary N) is 2. The minimum atomic E-state index is -0.884. The average Bonchev–Trinajstić information content (AvgIpc) is 3.18. The van der Waals surface area contributed by atoms with Crippen LogP contribution >= 0.6 is 0 Å². The zero-order valence-corrected chi connectivity index (χ0v) is 19.4. The molecule has 1 aromatic carbocycles. The van der Waals surface area contributed by atoms with Gasteiger partial charge in [-0.05, 0) is 52.7 Å². The average molecular weight is 424 g/mol. The van der Waals surface area contributed by atoms with Gasteiger partial charge in [-0.2, -0.15) is 0 Å². The summed E-state index contributed by atoms with van der Waals surface area (Å²) in [5, 5.41) is 6.55. The van der Waals surface area contributed by atoms with Crippen molar-refractivity contribution in [3.8, 4) is 5.75 Å².